The molecular weight excluding hydrogens is 312 g/mol. The number of hydrogen-bond donors (Lipinski definition) is 0. The molecule has 25 heavy (non-hydrogen) atoms. The first-order valence-corrected chi connectivity index (χ1v) is 8.38. The zero-order chi connectivity index (χ0) is 18.4. The summed E-state index contributed by atoms with van der Waals surface area (Å²) in [5, 5.41) is 0. The van der Waals surface area contributed by atoms with E-state index in [1.165, 1.54) is 18.6 Å². The van der Waals surface area contributed by atoms with Gasteiger partial charge in [-0.05, 0) is 47.2 Å². The van der Waals surface area contributed by atoms with Crippen LogP contribution in [0, 0.1) is 0 Å². The van der Waals surface area contributed by atoms with Gasteiger partial charge in [-0.1, -0.05) is 57.2 Å². The highest BCUT2D eigenvalue weighted by Gasteiger charge is 2.13. The lowest BCUT2D eigenvalue weighted by Crippen LogP contribution is -2.10. The largest absolute Gasteiger partial charge is 0.493 e. The molecule has 0 aromatic heterocycles. The van der Waals surface area contributed by atoms with Crippen LogP contribution in [0.4, 0.5) is 0 Å². The van der Waals surface area contributed by atoms with Crippen molar-refractivity contribution >= 4 is 11.9 Å². The molecule has 0 amide bonds. The van der Waals surface area contributed by atoms with Crippen LogP contribution in [0.3, 0.4) is 0 Å². The van der Waals surface area contributed by atoms with Crippen LogP contribution < -0.4 is 9.47 Å². The number of ether oxygens (including phenoxy) is 2. The summed E-state index contributed by atoms with van der Waals surface area (Å²) in [7, 11) is 1.61. The molecule has 0 fully saturated rings. The minimum absolute atomic E-state index is 0.0120. The van der Waals surface area contributed by atoms with Crippen molar-refractivity contribution in [2.75, 3.05) is 7.11 Å². The van der Waals surface area contributed by atoms with Crippen LogP contribution in [-0.2, 0) is 16.8 Å². The predicted octanol–water partition coefficient (Wildman–Crippen LogP) is 5.17. The van der Waals surface area contributed by atoms with Gasteiger partial charge in [0.2, 0.25) is 0 Å². The van der Waals surface area contributed by atoms with Gasteiger partial charge >= 0.3 is 0 Å². The van der Waals surface area contributed by atoms with Crippen molar-refractivity contribution in [1.29, 1.82) is 0 Å². The van der Waals surface area contributed by atoms with Crippen molar-refractivity contribution in [3.8, 4) is 11.5 Å². The molecule has 0 aliphatic carbocycles. The molecule has 0 spiro atoms. The molecule has 0 N–H and O–H groups in total. The van der Waals surface area contributed by atoms with Gasteiger partial charge < -0.3 is 9.47 Å². The SMILES string of the molecule is COc1cc(/C=C/C(C)=O)ccc1OCc1ccc(C(C)(C)C)cc1. The Morgan fingerprint density at radius 1 is 1.04 bits per heavy atom. The Kier molecular flexibility index (Phi) is 6.02. The Labute approximate surface area is 150 Å². The van der Waals surface area contributed by atoms with Crippen molar-refractivity contribution in [3.05, 3.63) is 65.2 Å². The van der Waals surface area contributed by atoms with Gasteiger partial charge in [-0.25, -0.2) is 0 Å². The highest BCUT2D eigenvalue weighted by Crippen LogP contribution is 2.29. The highest BCUT2D eigenvalue weighted by atomic mass is 16.5. The fourth-order valence-corrected chi connectivity index (χ4v) is 2.38. The maximum atomic E-state index is 11.0. The Morgan fingerprint density at radius 3 is 2.28 bits per heavy atom. The topological polar surface area (TPSA) is 35.5 Å². The quantitative estimate of drug-likeness (QED) is 0.681. The van der Waals surface area contributed by atoms with Crippen LogP contribution in [0.1, 0.15) is 44.4 Å². The van der Waals surface area contributed by atoms with Gasteiger partial charge in [0, 0.05) is 0 Å². The van der Waals surface area contributed by atoms with Crippen LogP contribution >= 0.6 is 0 Å². The average molecular weight is 338 g/mol. The van der Waals surface area contributed by atoms with E-state index in [2.05, 4.69) is 45.0 Å². The first kappa shape index (κ1) is 18.8. The molecule has 0 aliphatic heterocycles. The number of carbonyl (C=O) groups is 1. The van der Waals surface area contributed by atoms with Crippen molar-refractivity contribution in [1.82, 2.24) is 0 Å². The summed E-state index contributed by atoms with van der Waals surface area (Å²) in [4.78, 5) is 11.0. The van der Waals surface area contributed by atoms with E-state index in [0.717, 1.165) is 11.1 Å². The predicted molar refractivity (Wildman–Crippen MR) is 102 cm³/mol. The molecule has 2 aromatic carbocycles. The fourth-order valence-electron chi connectivity index (χ4n) is 2.38. The normalized spacial score (nSPS) is 11.6. The summed E-state index contributed by atoms with van der Waals surface area (Å²) >= 11 is 0. The number of hydrogen-bond acceptors (Lipinski definition) is 3. The van der Waals surface area contributed by atoms with Gasteiger partial charge in [0.15, 0.2) is 17.3 Å². The van der Waals surface area contributed by atoms with E-state index in [1.807, 2.05) is 18.2 Å². The third kappa shape index (κ3) is 5.49. The average Bonchev–Trinajstić information content (AvgIpc) is 2.58. The second-order valence-corrected chi connectivity index (χ2v) is 7.09. The van der Waals surface area contributed by atoms with Gasteiger partial charge in [0.1, 0.15) is 6.61 Å². The maximum Gasteiger partial charge on any atom is 0.161 e. The Bertz CT molecular complexity index is 750. The summed E-state index contributed by atoms with van der Waals surface area (Å²) in [5.41, 5.74) is 3.45. The van der Waals surface area contributed by atoms with E-state index in [4.69, 9.17) is 9.47 Å². The number of ketones is 1. The van der Waals surface area contributed by atoms with Crippen LogP contribution in [0.15, 0.2) is 48.5 Å². The standard InChI is InChI=1S/C22H26O3/c1-16(23)6-7-17-10-13-20(21(14-17)24-5)25-15-18-8-11-19(12-9-18)22(2,3)4/h6-14H,15H2,1-5H3/b7-6+. The van der Waals surface area contributed by atoms with Crippen LogP contribution in [0.25, 0.3) is 6.08 Å². The smallest absolute Gasteiger partial charge is 0.161 e. The highest BCUT2D eigenvalue weighted by molar-refractivity contribution is 5.91. The summed E-state index contributed by atoms with van der Waals surface area (Å²) in [6.07, 6.45) is 3.30. The minimum atomic E-state index is 0.0120. The molecule has 132 valence electrons. The lowest BCUT2D eigenvalue weighted by atomic mass is 9.87. The van der Waals surface area contributed by atoms with Crippen molar-refractivity contribution in [2.24, 2.45) is 0 Å². The molecule has 0 atom stereocenters. The summed E-state index contributed by atoms with van der Waals surface area (Å²) in [6.45, 7) is 8.60. The maximum absolute atomic E-state index is 11.0. The second kappa shape index (κ2) is 8.02. The first-order valence-electron chi connectivity index (χ1n) is 8.38. The van der Waals surface area contributed by atoms with Gasteiger partial charge in [-0.2, -0.15) is 0 Å². The Hall–Kier alpha value is -2.55. The third-order valence-corrected chi connectivity index (χ3v) is 3.91. The van der Waals surface area contributed by atoms with Crippen LogP contribution in [0.5, 0.6) is 11.5 Å². The third-order valence-electron chi connectivity index (χ3n) is 3.91. The number of methoxy groups -OCH3 is 1. The molecule has 0 saturated heterocycles. The molecule has 3 nitrogen and oxygen atoms in total. The lowest BCUT2D eigenvalue weighted by Gasteiger charge is -2.19. The van der Waals surface area contributed by atoms with E-state index < -0.39 is 0 Å². The molecule has 0 heterocycles. The van der Waals surface area contributed by atoms with E-state index in [0.29, 0.717) is 18.1 Å². The Morgan fingerprint density at radius 2 is 1.72 bits per heavy atom. The van der Waals surface area contributed by atoms with E-state index in [9.17, 15) is 4.79 Å². The molecular formula is C22H26O3. The van der Waals surface area contributed by atoms with E-state index >= 15 is 0 Å². The van der Waals surface area contributed by atoms with Gasteiger partial charge in [-0.3, -0.25) is 4.79 Å². The molecule has 2 rings (SSSR count). The summed E-state index contributed by atoms with van der Waals surface area (Å²) in [6, 6.07) is 14.1. The fraction of sp³-hybridized carbons (Fsp3) is 0.318. The van der Waals surface area contributed by atoms with Crippen molar-refractivity contribution in [2.45, 2.75) is 39.7 Å². The zero-order valence-corrected chi connectivity index (χ0v) is 15.6. The monoisotopic (exact) mass is 338 g/mol. The summed E-state index contributed by atoms with van der Waals surface area (Å²) in [5.74, 6) is 1.34. The van der Waals surface area contributed by atoms with Crippen molar-refractivity contribution in [3.63, 3.8) is 0 Å². The number of carbonyl (C=O) groups excluding carboxylic acids is 1. The number of allylic oxidation sites excluding steroid dienone is 1. The molecule has 2 aromatic rings. The van der Waals surface area contributed by atoms with Gasteiger partial charge in [0.05, 0.1) is 7.11 Å². The van der Waals surface area contributed by atoms with Crippen LogP contribution in [0.2, 0.25) is 0 Å². The Balaban J connectivity index is 2.08. The van der Waals surface area contributed by atoms with Crippen LogP contribution in [-0.4, -0.2) is 12.9 Å². The second-order valence-electron chi connectivity index (χ2n) is 7.09. The molecule has 0 bridgehead atoms. The van der Waals surface area contributed by atoms with Crippen molar-refractivity contribution < 1.29 is 14.3 Å². The first-order chi connectivity index (χ1) is 11.8. The molecule has 3 heteroatoms. The lowest BCUT2D eigenvalue weighted by molar-refractivity contribution is -0.112. The number of rotatable bonds is 6. The zero-order valence-electron chi connectivity index (χ0n) is 15.6. The summed E-state index contributed by atoms with van der Waals surface area (Å²) < 4.78 is 11.3. The molecule has 0 unspecified atom stereocenters. The number of benzene rings is 2. The van der Waals surface area contributed by atoms with Gasteiger partial charge in [0.25, 0.3) is 0 Å². The molecule has 0 radical (unpaired) electrons. The molecule has 0 saturated carbocycles. The van der Waals surface area contributed by atoms with E-state index in [-0.39, 0.29) is 11.2 Å². The molecule has 0 aliphatic rings. The minimum Gasteiger partial charge on any atom is -0.493 e. The van der Waals surface area contributed by atoms with E-state index in [1.54, 1.807) is 13.2 Å². The van der Waals surface area contributed by atoms with Gasteiger partial charge in [-0.15, -0.1) is 0 Å².